The Kier molecular flexibility index (Phi) is 5.31. The van der Waals surface area contributed by atoms with E-state index in [1.54, 1.807) is 28.9 Å². The molecule has 3 aromatic rings. The summed E-state index contributed by atoms with van der Waals surface area (Å²) < 4.78 is 1.69. The molecule has 0 radical (unpaired) electrons. The third-order valence-corrected chi connectivity index (χ3v) is 4.36. The maximum absolute atomic E-state index is 12.8. The van der Waals surface area contributed by atoms with Gasteiger partial charge < -0.3 is 10.5 Å². The average molecular weight is 376 g/mol. The number of benzene rings is 2. The zero-order chi connectivity index (χ0) is 20.3. The van der Waals surface area contributed by atoms with Crippen molar-refractivity contribution in [1.82, 2.24) is 9.78 Å². The maximum atomic E-state index is 12.8. The summed E-state index contributed by atoms with van der Waals surface area (Å²) in [6.07, 6.45) is 0. The van der Waals surface area contributed by atoms with Crippen LogP contribution in [0, 0.1) is 6.92 Å². The zero-order valence-electron chi connectivity index (χ0n) is 16.5. The smallest absolute Gasteiger partial charge is 0.279 e. The van der Waals surface area contributed by atoms with Crippen LogP contribution < -0.4 is 5.32 Å². The Balaban J connectivity index is 1.99. The summed E-state index contributed by atoms with van der Waals surface area (Å²) in [6.45, 7) is 8.20. The lowest BCUT2D eigenvalue weighted by atomic mass is 9.92. The second-order valence-corrected chi connectivity index (χ2v) is 7.68. The minimum absolute atomic E-state index is 0.0606. The summed E-state index contributed by atoms with van der Waals surface area (Å²) in [5, 5.41) is 20.1. The van der Waals surface area contributed by atoms with Crippen LogP contribution in [0.15, 0.2) is 65.8 Å². The number of rotatable bonds is 4. The minimum Gasteiger partial charge on any atom is -0.410 e. The number of oxime groups is 1. The van der Waals surface area contributed by atoms with Crippen LogP contribution in [0.25, 0.3) is 5.69 Å². The Hall–Kier alpha value is -3.41. The van der Waals surface area contributed by atoms with Gasteiger partial charge in [-0.25, -0.2) is 4.68 Å². The molecule has 2 N–H and O–H groups in total. The topological polar surface area (TPSA) is 79.5 Å². The highest BCUT2D eigenvalue weighted by Crippen LogP contribution is 2.26. The summed E-state index contributed by atoms with van der Waals surface area (Å²) in [4.78, 5) is 12.8. The van der Waals surface area contributed by atoms with Gasteiger partial charge in [0.1, 0.15) is 5.82 Å². The van der Waals surface area contributed by atoms with Gasteiger partial charge in [0.05, 0.1) is 11.4 Å². The van der Waals surface area contributed by atoms with Crippen molar-refractivity contribution in [2.45, 2.75) is 33.1 Å². The van der Waals surface area contributed by atoms with Gasteiger partial charge in [-0.15, -0.1) is 0 Å². The molecule has 0 saturated heterocycles. The van der Waals surface area contributed by atoms with Gasteiger partial charge in [-0.1, -0.05) is 74.0 Å². The quantitative estimate of drug-likeness (QED) is 0.405. The fourth-order valence-corrected chi connectivity index (χ4v) is 2.73. The molecule has 0 atom stereocenters. The number of hydrogen-bond acceptors (Lipinski definition) is 4. The molecule has 0 unspecified atom stereocenters. The van der Waals surface area contributed by atoms with E-state index in [-0.39, 0.29) is 11.1 Å². The number of aryl methyl sites for hydroxylation is 1. The van der Waals surface area contributed by atoms with Gasteiger partial charge in [0.15, 0.2) is 5.71 Å². The number of amides is 1. The summed E-state index contributed by atoms with van der Waals surface area (Å²) in [6, 6.07) is 18.5. The average Bonchev–Trinajstić information content (AvgIpc) is 3.08. The molecule has 0 spiro atoms. The fraction of sp³-hybridized carbons (Fsp3) is 0.227. The highest BCUT2D eigenvalue weighted by molar-refractivity contribution is 6.48. The van der Waals surface area contributed by atoms with Crippen molar-refractivity contribution >= 4 is 17.4 Å². The molecule has 0 saturated carbocycles. The maximum Gasteiger partial charge on any atom is 0.279 e. The Bertz CT molecular complexity index is 997. The third-order valence-electron chi connectivity index (χ3n) is 4.36. The van der Waals surface area contributed by atoms with E-state index in [0.29, 0.717) is 11.4 Å². The van der Waals surface area contributed by atoms with E-state index < -0.39 is 5.91 Å². The minimum atomic E-state index is -0.512. The Labute approximate surface area is 164 Å². The van der Waals surface area contributed by atoms with Gasteiger partial charge in [-0.2, -0.15) is 5.10 Å². The Morgan fingerprint density at radius 2 is 1.71 bits per heavy atom. The molecule has 144 valence electrons. The number of anilines is 1. The standard InChI is InChI=1S/C22H24N4O2/c1-15-10-12-17(13-11-15)26-19(14-18(24-26)22(2,3)4)23-21(27)20(25-28)16-8-6-5-7-9-16/h5-14,28H,1-4H3,(H,23,27). The molecule has 28 heavy (non-hydrogen) atoms. The van der Waals surface area contributed by atoms with Crippen LogP contribution in [0.3, 0.4) is 0 Å². The van der Waals surface area contributed by atoms with Crippen molar-refractivity contribution < 1.29 is 10.0 Å². The van der Waals surface area contributed by atoms with Crippen LogP contribution >= 0.6 is 0 Å². The van der Waals surface area contributed by atoms with Crippen LogP contribution in [0.1, 0.15) is 37.6 Å². The highest BCUT2D eigenvalue weighted by atomic mass is 16.4. The van der Waals surface area contributed by atoms with Gasteiger partial charge in [-0.05, 0) is 19.1 Å². The molecule has 1 heterocycles. The summed E-state index contributed by atoms with van der Waals surface area (Å²) in [5.41, 5.74) is 3.08. The van der Waals surface area contributed by atoms with Gasteiger partial charge in [0.25, 0.3) is 5.91 Å². The van der Waals surface area contributed by atoms with E-state index in [0.717, 1.165) is 16.9 Å². The van der Waals surface area contributed by atoms with Gasteiger partial charge in [0.2, 0.25) is 0 Å². The molecule has 2 aromatic carbocycles. The molecule has 1 aromatic heterocycles. The summed E-state index contributed by atoms with van der Waals surface area (Å²) in [5.74, 6) is -0.00159. The molecule has 6 nitrogen and oxygen atoms in total. The van der Waals surface area contributed by atoms with E-state index in [1.165, 1.54) is 0 Å². The molecular weight excluding hydrogens is 352 g/mol. The van der Waals surface area contributed by atoms with E-state index in [1.807, 2.05) is 43.3 Å². The van der Waals surface area contributed by atoms with Crippen molar-refractivity contribution in [3.63, 3.8) is 0 Å². The molecule has 0 aliphatic rings. The van der Waals surface area contributed by atoms with Crippen molar-refractivity contribution in [2.24, 2.45) is 5.16 Å². The van der Waals surface area contributed by atoms with Gasteiger partial charge >= 0.3 is 0 Å². The predicted octanol–water partition coefficient (Wildman–Crippen LogP) is 4.30. The monoisotopic (exact) mass is 376 g/mol. The van der Waals surface area contributed by atoms with E-state index >= 15 is 0 Å². The summed E-state index contributed by atoms with van der Waals surface area (Å²) in [7, 11) is 0. The number of aromatic nitrogens is 2. The fourth-order valence-electron chi connectivity index (χ4n) is 2.73. The Morgan fingerprint density at radius 3 is 2.29 bits per heavy atom. The lowest BCUT2D eigenvalue weighted by molar-refractivity contribution is -0.110. The van der Waals surface area contributed by atoms with Gasteiger partial charge in [-0.3, -0.25) is 4.79 Å². The number of carbonyl (C=O) groups excluding carboxylic acids is 1. The van der Waals surface area contributed by atoms with Crippen LogP contribution in [-0.2, 0) is 10.2 Å². The Morgan fingerprint density at radius 1 is 1.07 bits per heavy atom. The lowest BCUT2D eigenvalue weighted by Crippen LogP contribution is -2.25. The second-order valence-electron chi connectivity index (χ2n) is 7.68. The van der Waals surface area contributed by atoms with E-state index in [2.05, 4.69) is 31.2 Å². The number of carbonyl (C=O) groups is 1. The molecule has 3 rings (SSSR count). The van der Waals surface area contributed by atoms with E-state index in [9.17, 15) is 10.0 Å². The molecule has 0 fully saturated rings. The highest BCUT2D eigenvalue weighted by Gasteiger charge is 2.23. The summed E-state index contributed by atoms with van der Waals surface area (Å²) >= 11 is 0. The first kappa shape index (κ1) is 19.4. The molecular formula is C22H24N4O2. The van der Waals surface area contributed by atoms with Crippen molar-refractivity contribution in [1.29, 1.82) is 0 Å². The van der Waals surface area contributed by atoms with Crippen molar-refractivity contribution in [2.75, 3.05) is 5.32 Å². The number of nitrogens with one attached hydrogen (secondary N) is 1. The van der Waals surface area contributed by atoms with Crippen molar-refractivity contribution in [3.05, 3.63) is 77.5 Å². The molecule has 6 heteroatoms. The normalized spacial score (nSPS) is 12.1. The van der Waals surface area contributed by atoms with Crippen LogP contribution in [0.5, 0.6) is 0 Å². The van der Waals surface area contributed by atoms with E-state index in [4.69, 9.17) is 5.10 Å². The SMILES string of the molecule is Cc1ccc(-n2nc(C(C)(C)C)cc2NC(=O)C(=NO)c2ccccc2)cc1. The number of hydrogen-bond donors (Lipinski definition) is 2. The molecule has 0 bridgehead atoms. The third kappa shape index (κ3) is 4.11. The number of nitrogens with zero attached hydrogens (tertiary/aromatic N) is 3. The first-order valence-electron chi connectivity index (χ1n) is 9.06. The first-order chi connectivity index (χ1) is 13.3. The van der Waals surface area contributed by atoms with Crippen LogP contribution in [0.2, 0.25) is 0 Å². The van der Waals surface area contributed by atoms with Crippen LogP contribution in [0.4, 0.5) is 5.82 Å². The molecule has 0 aliphatic heterocycles. The molecule has 0 aliphatic carbocycles. The predicted molar refractivity (Wildman–Crippen MR) is 110 cm³/mol. The second kappa shape index (κ2) is 7.68. The largest absolute Gasteiger partial charge is 0.410 e. The zero-order valence-corrected chi connectivity index (χ0v) is 16.5. The van der Waals surface area contributed by atoms with Crippen LogP contribution in [-0.4, -0.2) is 26.6 Å². The first-order valence-corrected chi connectivity index (χ1v) is 9.06. The van der Waals surface area contributed by atoms with Crippen molar-refractivity contribution in [3.8, 4) is 5.69 Å². The van der Waals surface area contributed by atoms with Gasteiger partial charge in [0, 0.05) is 17.0 Å². The molecule has 1 amide bonds. The lowest BCUT2D eigenvalue weighted by Gasteiger charge is -2.14.